The van der Waals surface area contributed by atoms with Crippen molar-refractivity contribution >= 4 is 17.6 Å². The van der Waals surface area contributed by atoms with Crippen molar-refractivity contribution in [1.82, 2.24) is 4.90 Å². The SMILES string of the molecule is COCC1(C)Oc2ccc(C(=O)OC)cc2C(N2CCCC2=O)=C1C. The smallest absolute Gasteiger partial charge is 0.337 e. The Hall–Kier alpha value is -2.34. The van der Waals surface area contributed by atoms with Crippen LogP contribution in [0.1, 0.15) is 42.6 Å². The molecule has 6 heteroatoms. The summed E-state index contributed by atoms with van der Waals surface area (Å²) in [6.45, 7) is 4.93. The summed E-state index contributed by atoms with van der Waals surface area (Å²) in [5.41, 5.74) is 2.22. The summed E-state index contributed by atoms with van der Waals surface area (Å²) in [5.74, 6) is 0.302. The normalized spacial score (nSPS) is 22.7. The van der Waals surface area contributed by atoms with Crippen molar-refractivity contribution in [2.45, 2.75) is 32.3 Å². The number of methoxy groups -OCH3 is 2. The number of carbonyl (C=O) groups excluding carboxylic acids is 2. The number of ether oxygens (including phenoxy) is 3. The van der Waals surface area contributed by atoms with Crippen LogP contribution in [-0.4, -0.2) is 49.7 Å². The number of rotatable bonds is 4. The summed E-state index contributed by atoms with van der Waals surface area (Å²) >= 11 is 0. The van der Waals surface area contributed by atoms with E-state index in [2.05, 4.69) is 0 Å². The highest BCUT2D eigenvalue weighted by Gasteiger charge is 2.40. The maximum atomic E-state index is 12.4. The molecule has 1 aromatic carbocycles. The van der Waals surface area contributed by atoms with Crippen LogP contribution < -0.4 is 4.74 Å². The monoisotopic (exact) mass is 345 g/mol. The molecule has 0 saturated carbocycles. The van der Waals surface area contributed by atoms with Crippen LogP contribution in [0.15, 0.2) is 23.8 Å². The molecule has 1 aromatic rings. The number of hydrogen-bond donors (Lipinski definition) is 0. The Kier molecular flexibility index (Phi) is 4.56. The Morgan fingerprint density at radius 1 is 1.36 bits per heavy atom. The van der Waals surface area contributed by atoms with Crippen LogP contribution in [-0.2, 0) is 14.3 Å². The molecule has 25 heavy (non-hydrogen) atoms. The van der Waals surface area contributed by atoms with Crippen LogP contribution in [0.4, 0.5) is 0 Å². The van der Waals surface area contributed by atoms with E-state index in [1.807, 2.05) is 13.8 Å². The number of carbonyl (C=O) groups is 2. The molecule has 2 heterocycles. The number of fused-ring (bicyclic) bond motifs is 1. The van der Waals surface area contributed by atoms with E-state index in [1.165, 1.54) is 7.11 Å². The van der Waals surface area contributed by atoms with Gasteiger partial charge >= 0.3 is 5.97 Å². The van der Waals surface area contributed by atoms with E-state index in [1.54, 1.807) is 30.2 Å². The van der Waals surface area contributed by atoms with Crippen molar-refractivity contribution in [1.29, 1.82) is 0 Å². The fraction of sp³-hybridized carbons (Fsp3) is 0.474. The highest BCUT2D eigenvalue weighted by Crippen LogP contribution is 2.44. The van der Waals surface area contributed by atoms with Crippen LogP contribution in [0.2, 0.25) is 0 Å². The molecule has 0 aliphatic carbocycles. The number of nitrogens with zero attached hydrogens (tertiary/aromatic N) is 1. The maximum absolute atomic E-state index is 12.4. The molecule has 2 aliphatic rings. The van der Waals surface area contributed by atoms with Gasteiger partial charge in [0.05, 0.1) is 25.0 Å². The number of benzene rings is 1. The lowest BCUT2D eigenvalue weighted by Crippen LogP contribution is -2.44. The Balaban J connectivity index is 2.18. The minimum absolute atomic E-state index is 0.0884. The second kappa shape index (κ2) is 6.52. The van der Waals surface area contributed by atoms with Crippen LogP contribution in [0.5, 0.6) is 5.75 Å². The standard InChI is InChI=1S/C19H23NO5/c1-12-17(20-9-5-6-16(20)21)14-10-13(18(22)24-4)7-8-15(14)25-19(12,2)11-23-3/h7-8,10H,5-6,9,11H2,1-4H3. The molecule has 1 saturated heterocycles. The van der Waals surface area contributed by atoms with E-state index in [0.717, 1.165) is 23.3 Å². The van der Waals surface area contributed by atoms with Gasteiger partial charge in [-0.15, -0.1) is 0 Å². The predicted molar refractivity (Wildman–Crippen MR) is 92.2 cm³/mol. The molecular weight excluding hydrogens is 322 g/mol. The third kappa shape index (κ3) is 2.91. The van der Waals surface area contributed by atoms with Crippen molar-refractivity contribution in [2.24, 2.45) is 0 Å². The topological polar surface area (TPSA) is 65.1 Å². The zero-order valence-electron chi connectivity index (χ0n) is 15.0. The van der Waals surface area contributed by atoms with Crippen LogP contribution in [0, 0.1) is 0 Å². The van der Waals surface area contributed by atoms with Gasteiger partial charge in [-0.3, -0.25) is 4.79 Å². The second-order valence-corrected chi connectivity index (χ2v) is 6.59. The number of likely N-dealkylation sites (tertiary alicyclic amines) is 1. The predicted octanol–water partition coefficient (Wildman–Crippen LogP) is 2.62. The van der Waals surface area contributed by atoms with E-state index < -0.39 is 11.6 Å². The fourth-order valence-corrected chi connectivity index (χ4v) is 3.47. The van der Waals surface area contributed by atoms with Crippen molar-refractivity contribution < 1.29 is 23.8 Å². The lowest BCUT2D eigenvalue weighted by molar-refractivity contribution is -0.125. The Morgan fingerprint density at radius 3 is 2.72 bits per heavy atom. The van der Waals surface area contributed by atoms with Gasteiger partial charge in [0.1, 0.15) is 5.75 Å². The van der Waals surface area contributed by atoms with Crippen LogP contribution in [0.3, 0.4) is 0 Å². The highest BCUT2D eigenvalue weighted by molar-refractivity contribution is 5.95. The third-order valence-electron chi connectivity index (χ3n) is 4.90. The summed E-state index contributed by atoms with van der Waals surface area (Å²) in [6.07, 6.45) is 1.36. The van der Waals surface area contributed by atoms with E-state index in [9.17, 15) is 9.59 Å². The molecule has 0 spiro atoms. The van der Waals surface area contributed by atoms with Crippen LogP contribution in [0.25, 0.3) is 5.70 Å². The molecule has 1 unspecified atom stereocenters. The van der Waals surface area contributed by atoms with Gasteiger partial charge in [0.2, 0.25) is 5.91 Å². The lowest BCUT2D eigenvalue weighted by atomic mass is 9.88. The fourth-order valence-electron chi connectivity index (χ4n) is 3.47. The number of esters is 1. The first-order valence-electron chi connectivity index (χ1n) is 8.33. The first-order chi connectivity index (χ1) is 11.9. The van der Waals surface area contributed by atoms with Crippen molar-refractivity contribution in [3.8, 4) is 5.75 Å². The van der Waals surface area contributed by atoms with Gasteiger partial charge in [-0.05, 0) is 44.0 Å². The zero-order valence-corrected chi connectivity index (χ0v) is 15.0. The Bertz CT molecular complexity index is 754. The van der Waals surface area contributed by atoms with Gasteiger partial charge in [0, 0.05) is 25.6 Å². The Labute approximate surface area is 147 Å². The van der Waals surface area contributed by atoms with E-state index in [-0.39, 0.29) is 5.91 Å². The molecule has 6 nitrogen and oxygen atoms in total. The first-order valence-corrected chi connectivity index (χ1v) is 8.33. The molecule has 1 atom stereocenters. The maximum Gasteiger partial charge on any atom is 0.337 e. The summed E-state index contributed by atoms with van der Waals surface area (Å²) in [7, 11) is 2.97. The summed E-state index contributed by atoms with van der Waals surface area (Å²) in [4.78, 5) is 26.1. The van der Waals surface area contributed by atoms with Gasteiger partial charge in [0.25, 0.3) is 0 Å². The molecule has 134 valence electrons. The van der Waals surface area contributed by atoms with Crippen LogP contribution >= 0.6 is 0 Å². The Morgan fingerprint density at radius 2 is 2.12 bits per heavy atom. The zero-order chi connectivity index (χ0) is 18.2. The van der Waals surface area contributed by atoms with E-state index in [4.69, 9.17) is 14.2 Å². The van der Waals surface area contributed by atoms with E-state index in [0.29, 0.717) is 30.9 Å². The minimum Gasteiger partial charge on any atom is -0.480 e. The molecule has 1 amide bonds. The quantitative estimate of drug-likeness (QED) is 0.785. The number of amides is 1. The molecule has 3 rings (SSSR count). The third-order valence-corrected chi connectivity index (χ3v) is 4.90. The second-order valence-electron chi connectivity index (χ2n) is 6.59. The molecule has 0 N–H and O–H groups in total. The largest absolute Gasteiger partial charge is 0.480 e. The molecule has 0 aromatic heterocycles. The molecule has 0 bridgehead atoms. The van der Waals surface area contributed by atoms with Gasteiger partial charge in [-0.1, -0.05) is 0 Å². The number of hydrogen-bond acceptors (Lipinski definition) is 5. The van der Waals surface area contributed by atoms with Crippen molar-refractivity contribution in [3.63, 3.8) is 0 Å². The van der Waals surface area contributed by atoms with Crippen molar-refractivity contribution in [3.05, 3.63) is 34.9 Å². The average molecular weight is 345 g/mol. The molecular formula is C19H23NO5. The van der Waals surface area contributed by atoms with E-state index >= 15 is 0 Å². The summed E-state index contributed by atoms with van der Waals surface area (Å²) in [5, 5.41) is 0. The summed E-state index contributed by atoms with van der Waals surface area (Å²) in [6, 6.07) is 5.16. The molecule has 0 radical (unpaired) electrons. The van der Waals surface area contributed by atoms with Gasteiger partial charge in [-0.2, -0.15) is 0 Å². The van der Waals surface area contributed by atoms with Crippen molar-refractivity contribution in [2.75, 3.05) is 27.4 Å². The van der Waals surface area contributed by atoms with Gasteiger partial charge < -0.3 is 19.1 Å². The van der Waals surface area contributed by atoms with Gasteiger partial charge in [-0.25, -0.2) is 4.79 Å². The minimum atomic E-state index is -0.674. The highest BCUT2D eigenvalue weighted by atomic mass is 16.5. The lowest BCUT2D eigenvalue weighted by Gasteiger charge is -2.40. The van der Waals surface area contributed by atoms with Gasteiger partial charge in [0.15, 0.2) is 5.60 Å². The average Bonchev–Trinajstić information content (AvgIpc) is 3.01. The molecule has 2 aliphatic heterocycles. The summed E-state index contributed by atoms with van der Waals surface area (Å²) < 4.78 is 16.4. The first kappa shape index (κ1) is 17.5. The molecule has 1 fully saturated rings.